The lowest BCUT2D eigenvalue weighted by atomic mass is 10.2. The Balaban J connectivity index is 2.27. The van der Waals surface area contributed by atoms with Crippen LogP contribution in [0.5, 0.6) is 0 Å². The van der Waals surface area contributed by atoms with Gasteiger partial charge in [0.25, 0.3) is 0 Å². The zero-order chi connectivity index (χ0) is 10.8. The van der Waals surface area contributed by atoms with Crippen molar-refractivity contribution in [2.75, 3.05) is 6.54 Å². The number of hydrogen-bond acceptors (Lipinski definition) is 4. The highest BCUT2D eigenvalue weighted by Crippen LogP contribution is 2.33. The van der Waals surface area contributed by atoms with Crippen molar-refractivity contribution in [3.05, 3.63) is 28.1 Å². The SMILES string of the molecule is Cc1ccc(-c2ncc(C(C)CN)s2)s1. The van der Waals surface area contributed by atoms with Crippen molar-refractivity contribution in [2.24, 2.45) is 5.73 Å². The van der Waals surface area contributed by atoms with Gasteiger partial charge in [-0.2, -0.15) is 0 Å². The third kappa shape index (κ3) is 2.27. The summed E-state index contributed by atoms with van der Waals surface area (Å²) in [6, 6.07) is 4.27. The minimum absolute atomic E-state index is 0.414. The van der Waals surface area contributed by atoms with Gasteiger partial charge in [0.2, 0.25) is 0 Å². The zero-order valence-corrected chi connectivity index (χ0v) is 10.5. The number of nitrogens with two attached hydrogens (primary N) is 1. The van der Waals surface area contributed by atoms with E-state index in [2.05, 4.69) is 31.0 Å². The molecule has 0 spiro atoms. The second kappa shape index (κ2) is 4.43. The second-order valence-corrected chi connectivity index (χ2v) is 5.96. The van der Waals surface area contributed by atoms with Crippen molar-refractivity contribution >= 4 is 22.7 Å². The van der Waals surface area contributed by atoms with Gasteiger partial charge in [0, 0.05) is 21.9 Å². The summed E-state index contributed by atoms with van der Waals surface area (Å²) >= 11 is 3.54. The number of nitrogens with zero attached hydrogens (tertiary/aromatic N) is 1. The molecule has 2 aromatic heterocycles. The zero-order valence-electron chi connectivity index (χ0n) is 8.86. The molecule has 0 aliphatic heterocycles. The van der Waals surface area contributed by atoms with E-state index in [9.17, 15) is 0 Å². The molecule has 0 aromatic carbocycles. The first-order valence-electron chi connectivity index (χ1n) is 4.93. The molecule has 0 fully saturated rings. The lowest BCUT2D eigenvalue weighted by Crippen LogP contribution is -2.07. The molecular weight excluding hydrogens is 224 g/mol. The first-order chi connectivity index (χ1) is 7.20. The minimum Gasteiger partial charge on any atom is -0.330 e. The summed E-state index contributed by atoms with van der Waals surface area (Å²) in [6.07, 6.45) is 1.95. The minimum atomic E-state index is 0.414. The molecule has 2 nitrogen and oxygen atoms in total. The first kappa shape index (κ1) is 10.8. The number of thiophene rings is 1. The number of rotatable bonds is 3. The van der Waals surface area contributed by atoms with Crippen molar-refractivity contribution in [3.63, 3.8) is 0 Å². The fourth-order valence-corrected chi connectivity index (χ4v) is 3.20. The molecular formula is C11H14N2S2. The van der Waals surface area contributed by atoms with E-state index in [1.807, 2.05) is 6.20 Å². The lowest BCUT2D eigenvalue weighted by Gasteiger charge is -2.01. The average molecular weight is 238 g/mol. The number of aryl methyl sites for hydroxylation is 1. The molecule has 80 valence electrons. The monoisotopic (exact) mass is 238 g/mol. The maximum absolute atomic E-state index is 5.64. The van der Waals surface area contributed by atoms with Crippen molar-refractivity contribution in [3.8, 4) is 9.88 Å². The van der Waals surface area contributed by atoms with E-state index in [0.29, 0.717) is 12.5 Å². The Bertz CT molecular complexity index is 445. The van der Waals surface area contributed by atoms with Gasteiger partial charge in [-0.05, 0) is 25.6 Å². The molecule has 0 amide bonds. The van der Waals surface area contributed by atoms with Gasteiger partial charge >= 0.3 is 0 Å². The predicted molar refractivity (Wildman–Crippen MR) is 67.6 cm³/mol. The van der Waals surface area contributed by atoms with Crippen LogP contribution in [-0.2, 0) is 0 Å². The van der Waals surface area contributed by atoms with Crippen LogP contribution in [0.25, 0.3) is 9.88 Å². The third-order valence-corrected chi connectivity index (χ3v) is 4.71. The van der Waals surface area contributed by atoms with Gasteiger partial charge in [0.15, 0.2) is 0 Å². The summed E-state index contributed by atoms with van der Waals surface area (Å²) in [5.74, 6) is 0.414. The van der Waals surface area contributed by atoms with Crippen molar-refractivity contribution < 1.29 is 0 Å². The Kier molecular flexibility index (Phi) is 3.19. The summed E-state index contributed by atoms with van der Waals surface area (Å²) in [5.41, 5.74) is 5.64. The lowest BCUT2D eigenvalue weighted by molar-refractivity contribution is 0.787. The Labute approximate surface area is 97.8 Å². The van der Waals surface area contributed by atoms with Gasteiger partial charge in [-0.3, -0.25) is 0 Å². The van der Waals surface area contributed by atoms with Gasteiger partial charge in [0.1, 0.15) is 5.01 Å². The van der Waals surface area contributed by atoms with Crippen LogP contribution in [0, 0.1) is 6.92 Å². The van der Waals surface area contributed by atoms with Gasteiger partial charge in [-0.25, -0.2) is 4.98 Å². The molecule has 4 heteroatoms. The topological polar surface area (TPSA) is 38.9 Å². The number of thiazole rings is 1. The van der Waals surface area contributed by atoms with Crippen LogP contribution >= 0.6 is 22.7 Å². The standard InChI is InChI=1S/C11H14N2S2/c1-7(5-12)10-6-13-11(15-10)9-4-3-8(2)14-9/h3-4,6-7H,5,12H2,1-2H3. The smallest absolute Gasteiger partial charge is 0.133 e. The molecule has 0 aliphatic carbocycles. The largest absolute Gasteiger partial charge is 0.330 e. The molecule has 0 radical (unpaired) electrons. The van der Waals surface area contributed by atoms with Crippen molar-refractivity contribution in [2.45, 2.75) is 19.8 Å². The maximum atomic E-state index is 5.64. The molecule has 2 heterocycles. The fourth-order valence-electron chi connectivity index (χ4n) is 1.29. The molecule has 2 rings (SSSR count). The van der Waals surface area contributed by atoms with E-state index in [-0.39, 0.29) is 0 Å². The maximum Gasteiger partial charge on any atom is 0.133 e. The highest BCUT2D eigenvalue weighted by molar-refractivity contribution is 7.21. The van der Waals surface area contributed by atoms with E-state index >= 15 is 0 Å². The van der Waals surface area contributed by atoms with E-state index < -0.39 is 0 Å². The van der Waals surface area contributed by atoms with Crippen LogP contribution in [0.3, 0.4) is 0 Å². The van der Waals surface area contributed by atoms with E-state index in [4.69, 9.17) is 5.73 Å². The summed E-state index contributed by atoms with van der Waals surface area (Å²) < 4.78 is 0. The van der Waals surface area contributed by atoms with Crippen LogP contribution in [0.4, 0.5) is 0 Å². The Morgan fingerprint density at radius 1 is 1.40 bits per heavy atom. The van der Waals surface area contributed by atoms with Crippen LogP contribution in [0.15, 0.2) is 18.3 Å². The van der Waals surface area contributed by atoms with E-state index in [0.717, 1.165) is 5.01 Å². The van der Waals surface area contributed by atoms with Gasteiger partial charge < -0.3 is 5.73 Å². The van der Waals surface area contributed by atoms with E-state index in [1.165, 1.54) is 14.6 Å². The average Bonchev–Trinajstić information content (AvgIpc) is 2.84. The Hall–Kier alpha value is -0.710. The normalized spacial score (nSPS) is 13.0. The van der Waals surface area contributed by atoms with Crippen LogP contribution < -0.4 is 5.73 Å². The number of hydrogen-bond donors (Lipinski definition) is 1. The van der Waals surface area contributed by atoms with Gasteiger partial charge in [0.05, 0.1) is 4.88 Å². The molecule has 0 bridgehead atoms. The van der Waals surface area contributed by atoms with E-state index in [1.54, 1.807) is 22.7 Å². The number of aromatic nitrogens is 1. The molecule has 1 atom stereocenters. The van der Waals surface area contributed by atoms with Crippen molar-refractivity contribution in [1.29, 1.82) is 0 Å². The molecule has 0 saturated carbocycles. The van der Waals surface area contributed by atoms with Crippen LogP contribution in [0.1, 0.15) is 22.6 Å². The molecule has 1 unspecified atom stereocenters. The second-order valence-electron chi connectivity index (χ2n) is 3.61. The molecule has 2 N–H and O–H groups in total. The summed E-state index contributed by atoms with van der Waals surface area (Å²) in [7, 11) is 0. The quantitative estimate of drug-likeness (QED) is 0.891. The summed E-state index contributed by atoms with van der Waals surface area (Å²) in [6.45, 7) is 4.94. The predicted octanol–water partition coefficient (Wildman–Crippen LogP) is 3.24. The highest BCUT2D eigenvalue weighted by atomic mass is 32.1. The fraction of sp³-hybridized carbons (Fsp3) is 0.364. The molecule has 0 aliphatic rings. The summed E-state index contributed by atoms with van der Waals surface area (Å²) in [4.78, 5) is 8.30. The Morgan fingerprint density at radius 2 is 2.20 bits per heavy atom. The third-order valence-electron chi connectivity index (χ3n) is 2.31. The molecule has 2 aromatic rings. The first-order valence-corrected chi connectivity index (χ1v) is 6.56. The van der Waals surface area contributed by atoms with Crippen LogP contribution in [-0.4, -0.2) is 11.5 Å². The Morgan fingerprint density at radius 3 is 2.80 bits per heavy atom. The van der Waals surface area contributed by atoms with Crippen molar-refractivity contribution in [1.82, 2.24) is 4.98 Å². The highest BCUT2D eigenvalue weighted by Gasteiger charge is 2.10. The van der Waals surface area contributed by atoms with Gasteiger partial charge in [-0.1, -0.05) is 6.92 Å². The molecule has 0 saturated heterocycles. The molecule has 15 heavy (non-hydrogen) atoms. The summed E-state index contributed by atoms with van der Waals surface area (Å²) in [5, 5.41) is 1.11. The van der Waals surface area contributed by atoms with Gasteiger partial charge in [-0.15, -0.1) is 22.7 Å². The van der Waals surface area contributed by atoms with Crippen LogP contribution in [0.2, 0.25) is 0 Å².